The van der Waals surface area contributed by atoms with Gasteiger partial charge in [-0.1, -0.05) is 13.0 Å². The molecule has 1 atom stereocenters. The average Bonchev–Trinajstić information content (AvgIpc) is 2.35. The van der Waals surface area contributed by atoms with E-state index in [2.05, 4.69) is 5.32 Å². The molecule has 5 nitrogen and oxygen atoms in total. The fourth-order valence-corrected chi connectivity index (χ4v) is 1.80. The van der Waals surface area contributed by atoms with Crippen molar-refractivity contribution in [3.8, 4) is 0 Å². The van der Waals surface area contributed by atoms with Crippen LogP contribution in [0.15, 0.2) is 18.2 Å². The van der Waals surface area contributed by atoms with Gasteiger partial charge in [0, 0.05) is 18.0 Å². The fourth-order valence-electron chi connectivity index (χ4n) is 1.50. The molecule has 1 rings (SSSR count). The Balaban J connectivity index is 3.03. The lowest BCUT2D eigenvalue weighted by Gasteiger charge is -2.13. The molecule has 1 N–H and O–H groups in total. The number of hydrogen-bond acceptors (Lipinski definition) is 3. The molecule has 0 heterocycles. The van der Waals surface area contributed by atoms with Crippen molar-refractivity contribution < 1.29 is 9.72 Å². The fraction of sp³-hybridized carbons (Fsp3) is 0.417. The summed E-state index contributed by atoms with van der Waals surface area (Å²) in [4.78, 5) is 22.3. The second kappa shape index (κ2) is 6.35. The third kappa shape index (κ3) is 3.43. The second-order valence-corrected chi connectivity index (χ2v) is 4.32. The van der Waals surface area contributed by atoms with Crippen molar-refractivity contribution in [3.63, 3.8) is 0 Å². The molecule has 0 aliphatic rings. The molecular formula is C12H15ClN2O3. The van der Waals surface area contributed by atoms with E-state index in [1.807, 2.05) is 6.92 Å². The highest BCUT2D eigenvalue weighted by molar-refractivity contribution is 6.18. The van der Waals surface area contributed by atoms with Crippen LogP contribution in [0.3, 0.4) is 0 Å². The van der Waals surface area contributed by atoms with Gasteiger partial charge in [-0.15, -0.1) is 11.6 Å². The van der Waals surface area contributed by atoms with Crippen LogP contribution < -0.4 is 5.32 Å². The Hall–Kier alpha value is -1.62. The first-order valence-electron chi connectivity index (χ1n) is 5.61. The molecule has 1 aromatic carbocycles. The molecule has 0 saturated carbocycles. The summed E-state index contributed by atoms with van der Waals surface area (Å²) < 4.78 is 0. The number of halogens is 1. The summed E-state index contributed by atoms with van der Waals surface area (Å²) in [6.45, 7) is 3.66. The normalized spacial score (nSPS) is 11.9. The lowest BCUT2D eigenvalue weighted by molar-refractivity contribution is -0.385. The summed E-state index contributed by atoms with van der Waals surface area (Å²) in [5.74, 6) is -0.181. The van der Waals surface area contributed by atoms with Crippen LogP contribution in [0, 0.1) is 17.0 Å². The van der Waals surface area contributed by atoms with E-state index >= 15 is 0 Å². The number of alkyl halides is 1. The van der Waals surface area contributed by atoms with E-state index < -0.39 is 10.8 Å². The number of benzene rings is 1. The molecule has 98 valence electrons. The van der Waals surface area contributed by atoms with Gasteiger partial charge >= 0.3 is 0 Å². The summed E-state index contributed by atoms with van der Waals surface area (Å²) in [6.07, 6.45) is 0.675. The predicted molar refractivity (Wildman–Crippen MR) is 70.1 cm³/mol. The van der Waals surface area contributed by atoms with Gasteiger partial charge in [0.2, 0.25) is 0 Å². The van der Waals surface area contributed by atoms with Crippen LogP contribution in [0.2, 0.25) is 0 Å². The molecule has 0 aliphatic carbocycles. The Kier molecular flexibility index (Phi) is 5.09. The lowest BCUT2D eigenvalue weighted by atomic mass is 10.1. The zero-order valence-electron chi connectivity index (χ0n) is 10.3. The third-order valence-corrected chi connectivity index (χ3v) is 2.98. The number of nitro groups is 1. The van der Waals surface area contributed by atoms with Gasteiger partial charge < -0.3 is 5.32 Å². The van der Waals surface area contributed by atoms with Crippen molar-refractivity contribution >= 4 is 23.2 Å². The van der Waals surface area contributed by atoms with E-state index in [1.54, 1.807) is 13.0 Å². The Bertz CT molecular complexity index is 459. The SMILES string of the molecule is CCC(CCl)NC(=O)c1cc(C)ccc1[N+](=O)[O-]. The zero-order valence-corrected chi connectivity index (χ0v) is 11.0. The number of rotatable bonds is 5. The number of nitro benzene ring substituents is 1. The molecule has 0 aliphatic heterocycles. The summed E-state index contributed by atoms with van der Waals surface area (Å²) in [7, 11) is 0. The van der Waals surface area contributed by atoms with Crippen molar-refractivity contribution in [1.29, 1.82) is 0 Å². The van der Waals surface area contributed by atoms with Gasteiger partial charge in [-0.05, 0) is 25.0 Å². The summed E-state index contributed by atoms with van der Waals surface area (Å²) in [5, 5.41) is 13.5. The van der Waals surface area contributed by atoms with Gasteiger partial charge in [0.05, 0.1) is 4.92 Å². The number of amides is 1. The number of nitrogens with one attached hydrogen (secondary N) is 1. The smallest absolute Gasteiger partial charge is 0.282 e. The van der Waals surface area contributed by atoms with Gasteiger partial charge in [-0.25, -0.2) is 0 Å². The zero-order chi connectivity index (χ0) is 13.7. The molecule has 0 fully saturated rings. The van der Waals surface area contributed by atoms with Gasteiger partial charge in [0.25, 0.3) is 11.6 Å². The van der Waals surface area contributed by atoms with Crippen molar-refractivity contribution in [2.45, 2.75) is 26.3 Å². The van der Waals surface area contributed by atoms with Gasteiger partial charge in [0.15, 0.2) is 0 Å². The molecule has 18 heavy (non-hydrogen) atoms. The van der Waals surface area contributed by atoms with Crippen molar-refractivity contribution in [2.24, 2.45) is 0 Å². The topological polar surface area (TPSA) is 72.2 Å². The van der Waals surface area contributed by atoms with Gasteiger partial charge in [0.1, 0.15) is 5.56 Å². The molecule has 6 heteroatoms. The minimum absolute atomic E-state index is 0.0727. The van der Waals surface area contributed by atoms with E-state index in [-0.39, 0.29) is 23.2 Å². The van der Waals surface area contributed by atoms with Crippen molar-refractivity contribution in [1.82, 2.24) is 5.32 Å². The molecule has 0 bridgehead atoms. The highest BCUT2D eigenvalue weighted by Crippen LogP contribution is 2.20. The predicted octanol–water partition coefficient (Wildman–Crippen LogP) is 2.65. The lowest BCUT2D eigenvalue weighted by Crippen LogP contribution is -2.35. The highest BCUT2D eigenvalue weighted by atomic mass is 35.5. The first-order valence-corrected chi connectivity index (χ1v) is 6.14. The largest absolute Gasteiger partial charge is 0.348 e. The molecule has 1 unspecified atom stereocenters. The van der Waals surface area contributed by atoms with E-state index in [1.165, 1.54) is 12.1 Å². The van der Waals surface area contributed by atoms with Crippen LogP contribution in [-0.4, -0.2) is 22.8 Å². The molecular weight excluding hydrogens is 256 g/mol. The minimum Gasteiger partial charge on any atom is -0.348 e. The first kappa shape index (κ1) is 14.4. The molecule has 0 saturated heterocycles. The number of carbonyl (C=O) groups is 1. The standard InChI is InChI=1S/C12H15ClN2O3/c1-3-9(7-13)14-12(16)10-6-8(2)4-5-11(10)15(17)18/h4-6,9H,3,7H2,1-2H3,(H,14,16). The third-order valence-electron chi connectivity index (χ3n) is 2.61. The van der Waals surface area contributed by atoms with Gasteiger partial charge in [-0.3, -0.25) is 14.9 Å². The highest BCUT2D eigenvalue weighted by Gasteiger charge is 2.21. The van der Waals surface area contributed by atoms with Crippen LogP contribution in [0.25, 0.3) is 0 Å². The Morgan fingerprint density at radius 2 is 2.22 bits per heavy atom. The average molecular weight is 271 g/mol. The molecule has 0 radical (unpaired) electrons. The summed E-state index contributed by atoms with van der Waals surface area (Å²) >= 11 is 5.68. The van der Waals surface area contributed by atoms with Crippen LogP contribution in [0.1, 0.15) is 29.3 Å². The monoisotopic (exact) mass is 270 g/mol. The Labute approximate surface area is 110 Å². The number of nitrogens with zero attached hydrogens (tertiary/aromatic N) is 1. The molecule has 1 amide bonds. The number of carbonyl (C=O) groups excluding carboxylic acids is 1. The molecule has 0 spiro atoms. The number of hydrogen-bond donors (Lipinski definition) is 1. The Morgan fingerprint density at radius 1 is 1.56 bits per heavy atom. The van der Waals surface area contributed by atoms with E-state index in [9.17, 15) is 14.9 Å². The van der Waals surface area contributed by atoms with Crippen LogP contribution in [0.5, 0.6) is 0 Å². The minimum atomic E-state index is -0.560. The van der Waals surface area contributed by atoms with E-state index in [4.69, 9.17) is 11.6 Å². The quantitative estimate of drug-likeness (QED) is 0.508. The van der Waals surface area contributed by atoms with E-state index in [0.29, 0.717) is 6.42 Å². The van der Waals surface area contributed by atoms with Crippen molar-refractivity contribution in [2.75, 3.05) is 5.88 Å². The van der Waals surface area contributed by atoms with E-state index in [0.717, 1.165) is 5.56 Å². The van der Waals surface area contributed by atoms with Crippen molar-refractivity contribution in [3.05, 3.63) is 39.4 Å². The maximum Gasteiger partial charge on any atom is 0.282 e. The molecule has 0 aromatic heterocycles. The summed E-state index contributed by atoms with van der Waals surface area (Å²) in [6, 6.07) is 4.27. The summed E-state index contributed by atoms with van der Waals surface area (Å²) in [5.41, 5.74) is 0.677. The maximum absolute atomic E-state index is 12.0. The second-order valence-electron chi connectivity index (χ2n) is 4.01. The first-order chi connectivity index (χ1) is 8.49. The Morgan fingerprint density at radius 3 is 2.72 bits per heavy atom. The van der Waals surface area contributed by atoms with Crippen LogP contribution in [-0.2, 0) is 0 Å². The van der Waals surface area contributed by atoms with Gasteiger partial charge in [-0.2, -0.15) is 0 Å². The molecule has 1 aromatic rings. The van der Waals surface area contributed by atoms with Crippen LogP contribution >= 0.6 is 11.6 Å². The van der Waals surface area contributed by atoms with Crippen LogP contribution in [0.4, 0.5) is 5.69 Å². The maximum atomic E-state index is 12.0. The number of aryl methyl sites for hydroxylation is 1.